The molecule has 0 radical (unpaired) electrons. The number of benzene rings is 1. The van der Waals surface area contributed by atoms with E-state index in [0.717, 1.165) is 0 Å². The number of aliphatic hydroxyl groups is 3. The standard InChI is InChI=1S/C9H13NO3/c10-9-7(4-12)1-6(3-11)2-8(9)5-13/h1-2,11-13H,3-5,10H2. The maximum Gasteiger partial charge on any atom is 0.0702 e. The molecule has 0 bridgehead atoms. The van der Waals surface area contributed by atoms with E-state index in [9.17, 15) is 0 Å². The minimum atomic E-state index is -0.188. The maximum absolute atomic E-state index is 8.92. The predicted octanol–water partition coefficient (Wildman–Crippen LogP) is -0.254. The Morgan fingerprint density at radius 1 is 0.923 bits per heavy atom. The van der Waals surface area contributed by atoms with E-state index < -0.39 is 0 Å². The van der Waals surface area contributed by atoms with Gasteiger partial charge >= 0.3 is 0 Å². The Morgan fingerprint density at radius 3 is 1.69 bits per heavy atom. The number of nitrogen functional groups attached to an aromatic ring is 1. The predicted molar refractivity (Wildman–Crippen MR) is 48.6 cm³/mol. The van der Waals surface area contributed by atoms with Gasteiger partial charge in [0.05, 0.1) is 19.8 Å². The van der Waals surface area contributed by atoms with E-state index in [4.69, 9.17) is 21.1 Å². The first kappa shape index (κ1) is 9.98. The number of aliphatic hydroxyl groups excluding tert-OH is 3. The van der Waals surface area contributed by atoms with Crippen molar-refractivity contribution >= 4 is 5.69 Å². The van der Waals surface area contributed by atoms with Crippen LogP contribution >= 0.6 is 0 Å². The van der Waals surface area contributed by atoms with Gasteiger partial charge in [-0.25, -0.2) is 0 Å². The molecule has 0 saturated heterocycles. The molecule has 0 aliphatic heterocycles. The summed E-state index contributed by atoms with van der Waals surface area (Å²) in [5.41, 5.74) is 7.73. The molecule has 5 N–H and O–H groups in total. The molecule has 1 aromatic rings. The summed E-state index contributed by atoms with van der Waals surface area (Å²) >= 11 is 0. The normalized spacial score (nSPS) is 10.4. The van der Waals surface area contributed by atoms with Crippen molar-refractivity contribution in [2.24, 2.45) is 0 Å². The number of nitrogens with two attached hydrogens (primary N) is 1. The number of hydrogen-bond donors (Lipinski definition) is 4. The minimum Gasteiger partial charge on any atom is -0.398 e. The molecular weight excluding hydrogens is 170 g/mol. The zero-order valence-corrected chi connectivity index (χ0v) is 7.20. The van der Waals surface area contributed by atoms with Crippen LogP contribution in [0.3, 0.4) is 0 Å². The molecule has 72 valence electrons. The maximum atomic E-state index is 8.92. The minimum absolute atomic E-state index is 0.125. The largest absolute Gasteiger partial charge is 0.398 e. The highest BCUT2D eigenvalue weighted by molar-refractivity contribution is 5.55. The van der Waals surface area contributed by atoms with E-state index in [1.165, 1.54) is 0 Å². The lowest BCUT2D eigenvalue weighted by atomic mass is 10.0. The van der Waals surface area contributed by atoms with Gasteiger partial charge in [0.1, 0.15) is 0 Å². The van der Waals surface area contributed by atoms with Crippen LogP contribution in [0.25, 0.3) is 0 Å². The molecule has 13 heavy (non-hydrogen) atoms. The van der Waals surface area contributed by atoms with Crippen molar-refractivity contribution in [1.29, 1.82) is 0 Å². The van der Waals surface area contributed by atoms with Crippen molar-refractivity contribution in [3.05, 3.63) is 28.8 Å². The van der Waals surface area contributed by atoms with Crippen LogP contribution in [0.5, 0.6) is 0 Å². The highest BCUT2D eigenvalue weighted by Gasteiger charge is 2.05. The van der Waals surface area contributed by atoms with E-state index >= 15 is 0 Å². The summed E-state index contributed by atoms with van der Waals surface area (Å²) in [5, 5.41) is 26.7. The summed E-state index contributed by atoms with van der Waals surface area (Å²) in [7, 11) is 0. The molecule has 0 spiro atoms. The fraction of sp³-hybridized carbons (Fsp3) is 0.333. The summed E-state index contributed by atoms with van der Waals surface area (Å²) in [6.45, 7) is -0.500. The van der Waals surface area contributed by atoms with Gasteiger partial charge in [-0.05, 0) is 17.7 Å². The van der Waals surface area contributed by atoms with E-state index in [-0.39, 0.29) is 19.8 Å². The third-order valence-corrected chi connectivity index (χ3v) is 1.93. The third kappa shape index (κ3) is 1.98. The number of anilines is 1. The van der Waals surface area contributed by atoms with Gasteiger partial charge in [-0.3, -0.25) is 0 Å². The summed E-state index contributed by atoms with van der Waals surface area (Å²) in [6.07, 6.45) is 0. The Morgan fingerprint density at radius 2 is 1.38 bits per heavy atom. The smallest absolute Gasteiger partial charge is 0.0702 e. The molecule has 0 aliphatic carbocycles. The molecule has 0 heterocycles. The molecular formula is C9H13NO3. The van der Waals surface area contributed by atoms with Gasteiger partial charge in [-0.2, -0.15) is 0 Å². The van der Waals surface area contributed by atoms with Gasteiger partial charge in [0.15, 0.2) is 0 Å². The first-order valence-corrected chi connectivity index (χ1v) is 3.95. The third-order valence-electron chi connectivity index (χ3n) is 1.93. The van der Waals surface area contributed by atoms with E-state index in [2.05, 4.69) is 0 Å². The van der Waals surface area contributed by atoms with Gasteiger partial charge in [0.25, 0.3) is 0 Å². The van der Waals surface area contributed by atoms with Crippen molar-refractivity contribution in [2.75, 3.05) is 5.73 Å². The first-order chi connectivity index (χ1) is 6.22. The SMILES string of the molecule is Nc1c(CO)cc(CO)cc1CO. The lowest BCUT2D eigenvalue weighted by molar-refractivity contribution is 0.270. The lowest BCUT2D eigenvalue weighted by Gasteiger charge is -2.09. The second kappa shape index (κ2) is 4.23. The number of rotatable bonds is 3. The van der Waals surface area contributed by atoms with Crippen molar-refractivity contribution in [3.8, 4) is 0 Å². The highest BCUT2D eigenvalue weighted by atomic mass is 16.3. The average molecular weight is 183 g/mol. The fourth-order valence-corrected chi connectivity index (χ4v) is 1.20. The second-order valence-electron chi connectivity index (χ2n) is 2.80. The van der Waals surface area contributed by atoms with Crippen LogP contribution in [0.2, 0.25) is 0 Å². The van der Waals surface area contributed by atoms with E-state index in [1.54, 1.807) is 12.1 Å². The van der Waals surface area contributed by atoms with Gasteiger partial charge in [0.2, 0.25) is 0 Å². The topological polar surface area (TPSA) is 86.7 Å². The van der Waals surface area contributed by atoms with Gasteiger partial charge in [-0.15, -0.1) is 0 Å². The van der Waals surface area contributed by atoms with Crippen LogP contribution in [-0.2, 0) is 19.8 Å². The van der Waals surface area contributed by atoms with E-state index in [1.807, 2.05) is 0 Å². The molecule has 0 aromatic heterocycles. The molecule has 4 heteroatoms. The highest BCUT2D eigenvalue weighted by Crippen LogP contribution is 2.20. The van der Waals surface area contributed by atoms with Crippen molar-refractivity contribution in [3.63, 3.8) is 0 Å². The van der Waals surface area contributed by atoms with Crippen molar-refractivity contribution in [2.45, 2.75) is 19.8 Å². The van der Waals surface area contributed by atoms with Crippen LogP contribution in [0.1, 0.15) is 16.7 Å². The van der Waals surface area contributed by atoms with Crippen LogP contribution in [0.15, 0.2) is 12.1 Å². The van der Waals surface area contributed by atoms with Gasteiger partial charge in [-0.1, -0.05) is 0 Å². The fourth-order valence-electron chi connectivity index (χ4n) is 1.20. The van der Waals surface area contributed by atoms with Crippen LogP contribution in [0.4, 0.5) is 5.69 Å². The summed E-state index contributed by atoms with van der Waals surface area (Å²) < 4.78 is 0. The summed E-state index contributed by atoms with van der Waals surface area (Å²) in [4.78, 5) is 0. The Balaban J connectivity index is 3.20. The van der Waals surface area contributed by atoms with Gasteiger partial charge in [0, 0.05) is 16.8 Å². The molecule has 1 aromatic carbocycles. The molecule has 0 aliphatic rings. The number of hydrogen-bond acceptors (Lipinski definition) is 4. The van der Waals surface area contributed by atoms with Crippen LogP contribution in [-0.4, -0.2) is 15.3 Å². The Kier molecular flexibility index (Phi) is 3.25. The molecule has 0 saturated carbocycles. The van der Waals surface area contributed by atoms with E-state index in [0.29, 0.717) is 22.4 Å². The van der Waals surface area contributed by atoms with Crippen LogP contribution < -0.4 is 5.73 Å². The molecule has 0 fully saturated rings. The average Bonchev–Trinajstić information content (AvgIpc) is 2.18. The van der Waals surface area contributed by atoms with Gasteiger partial charge < -0.3 is 21.1 Å². The van der Waals surface area contributed by atoms with Crippen molar-refractivity contribution < 1.29 is 15.3 Å². The monoisotopic (exact) mass is 183 g/mol. The summed E-state index contributed by atoms with van der Waals surface area (Å²) in [6, 6.07) is 3.24. The first-order valence-electron chi connectivity index (χ1n) is 3.95. The quantitative estimate of drug-likeness (QED) is 0.486. The molecule has 1 rings (SSSR count). The molecule has 0 atom stereocenters. The summed E-state index contributed by atoms with van der Waals surface area (Å²) in [5.74, 6) is 0. The lowest BCUT2D eigenvalue weighted by Crippen LogP contribution is -2.02. The van der Waals surface area contributed by atoms with Crippen molar-refractivity contribution in [1.82, 2.24) is 0 Å². The zero-order chi connectivity index (χ0) is 9.84. The Labute approximate surface area is 76.2 Å². The Bertz CT molecular complexity index is 274. The molecule has 0 amide bonds. The van der Waals surface area contributed by atoms with Crippen LogP contribution in [0, 0.1) is 0 Å². The molecule has 0 unspecified atom stereocenters. The Hall–Kier alpha value is -1.10. The second-order valence-corrected chi connectivity index (χ2v) is 2.80. The molecule has 4 nitrogen and oxygen atoms in total. The zero-order valence-electron chi connectivity index (χ0n) is 7.20.